The first kappa shape index (κ1) is 16.6. The molecule has 0 bridgehead atoms. The van der Waals surface area contributed by atoms with E-state index in [-0.39, 0.29) is 17.7 Å². The Kier molecular flexibility index (Phi) is 4.94. The monoisotopic (exact) mass is 343 g/mol. The first-order chi connectivity index (χ1) is 11.5. The highest BCUT2D eigenvalue weighted by atomic mass is 32.1. The number of aromatic nitrogens is 1. The maximum absolute atomic E-state index is 12.3. The third-order valence-electron chi connectivity index (χ3n) is 4.01. The van der Waals surface area contributed by atoms with E-state index in [2.05, 4.69) is 15.6 Å². The molecule has 0 spiro atoms. The molecule has 2 N–H and O–H groups in total. The van der Waals surface area contributed by atoms with Crippen LogP contribution in [0.1, 0.15) is 47.6 Å². The third-order valence-corrected chi connectivity index (χ3v) is 5.08. The second-order valence-corrected chi connectivity index (χ2v) is 7.36. The van der Waals surface area contributed by atoms with E-state index in [0.717, 1.165) is 18.5 Å². The second-order valence-electron chi connectivity index (χ2n) is 6.27. The molecule has 0 radical (unpaired) electrons. The van der Waals surface area contributed by atoms with Crippen LogP contribution in [0.4, 0.5) is 10.8 Å². The molecule has 0 atom stereocenters. The molecular formula is C18H21N3O2S. The number of amides is 2. The van der Waals surface area contributed by atoms with Crippen molar-refractivity contribution in [1.29, 1.82) is 0 Å². The lowest BCUT2D eigenvalue weighted by atomic mass is 10.0. The van der Waals surface area contributed by atoms with Crippen LogP contribution >= 0.6 is 11.3 Å². The van der Waals surface area contributed by atoms with E-state index in [1.807, 2.05) is 13.8 Å². The molecule has 2 amide bonds. The summed E-state index contributed by atoms with van der Waals surface area (Å²) in [6.07, 6.45) is 4.44. The number of fused-ring (bicyclic) bond motifs is 1. The minimum atomic E-state index is -0.178. The van der Waals surface area contributed by atoms with E-state index < -0.39 is 0 Å². The number of rotatable bonds is 4. The van der Waals surface area contributed by atoms with Crippen molar-refractivity contribution in [2.45, 2.75) is 39.5 Å². The summed E-state index contributed by atoms with van der Waals surface area (Å²) in [7, 11) is 0. The van der Waals surface area contributed by atoms with Gasteiger partial charge in [-0.15, -0.1) is 11.3 Å². The van der Waals surface area contributed by atoms with Gasteiger partial charge in [0.2, 0.25) is 5.91 Å². The molecule has 5 nitrogen and oxygen atoms in total. The van der Waals surface area contributed by atoms with Gasteiger partial charge in [-0.1, -0.05) is 13.8 Å². The Morgan fingerprint density at radius 2 is 1.79 bits per heavy atom. The van der Waals surface area contributed by atoms with Crippen molar-refractivity contribution >= 4 is 34.0 Å². The van der Waals surface area contributed by atoms with E-state index in [1.54, 1.807) is 35.6 Å². The lowest BCUT2D eigenvalue weighted by molar-refractivity contribution is -0.118. The molecule has 0 aliphatic heterocycles. The van der Waals surface area contributed by atoms with Crippen molar-refractivity contribution in [2.24, 2.45) is 5.92 Å². The predicted octanol–water partition coefficient (Wildman–Crippen LogP) is 3.87. The van der Waals surface area contributed by atoms with Gasteiger partial charge < -0.3 is 5.32 Å². The topological polar surface area (TPSA) is 71.1 Å². The zero-order chi connectivity index (χ0) is 17.1. The van der Waals surface area contributed by atoms with Gasteiger partial charge in [0, 0.05) is 22.0 Å². The molecule has 0 saturated heterocycles. The van der Waals surface area contributed by atoms with Crippen LogP contribution in [0.25, 0.3) is 0 Å². The van der Waals surface area contributed by atoms with E-state index in [4.69, 9.17) is 0 Å². The summed E-state index contributed by atoms with van der Waals surface area (Å²) in [5.74, 6) is -0.299. The van der Waals surface area contributed by atoms with Gasteiger partial charge in [0.15, 0.2) is 5.13 Å². The van der Waals surface area contributed by atoms with Crippen molar-refractivity contribution in [3.05, 3.63) is 40.4 Å². The third kappa shape index (κ3) is 3.82. The second kappa shape index (κ2) is 7.13. The summed E-state index contributed by atoms with van der Waals surface area (Å²) in [5.41, 5.74) is 2.37. The van der Waals surface area contributed by atoms with E-state index in [0.29, 0.717) is 16.4 Å². The number of hydrogen-bond acceptors (Lipinski definition) is 4. The fourth-order valence-corrected chi connectivity index (χ4v) is 3.61. The van der Waals surface area contributed by atoms with Crippen LogP contribution in [0, 0.1) is 5.92 Å². The number of hydrogen-bond donors (Lipinski definition) is 2. The quantitative estimate of drug-likeness (QED) is 0.885. The largest absolute Gasteiger partial charge is 0.326 e. The van der Waals surface area contributed by atoms with Crippen LogP contribution in [-0.4, -0.2) is 16.8 Å². The first-order valence-corrected chi connectivity index (χ1v) is 9.05. The summed E-state index contributed by atoms with van der Waals surface area (Å²) in [6, 6.07) is 6.89. The van der Waals surface area contributed by atoms with Crippen molar-refractivity contribution in [3.63, 3.8) is 0 Å². The molecule has 0 saturated carbocycles. The predicted molar refractivity (Wildman–Crippen MR) is 96.6 cm³/mol. The van der Waals surface area contributed by atoms with Gasteiger partial charge >= 0.3 is 0 Å². The molecule has 1 aliphatic rings. The Labute approximate surface area is 145 Å². The fourth-order valence-electron chi connectivity index (χ4n) is 2.57. The van der Waals surface area contributed by atoms with Crippen molar-refractivity contribution in [1.82, 2.24) is 4.98 Å². The van der Waals surface area contributed by atoms with Crippen LogP contribution in [0.3, 0.4) is 0 Å². The smallest absolute Gasteiger partial charge is 0.257 e. The molecule has 126 valence electrons. The van der Waals surface area contributed by atoms with E-state index in [9.17, 15) is 9.59 Å². The van der Waals surface area contributed by atoms with Crippen molar-refractivity contribution in [2.75, 3.05) is 10.6 Å². The van der Waals surface area contributed by atoms with E-state index >= 15 is 0 Å². The highest BCUT2D eigenvalue weighted by molar-refractivity contribution is 7.15. The highest BCUT2D eigenvalue weighted by Gasteiger charge is 2.17. The molecule has 0 unspecified atom stereocenters. The number of thiazole rings is 1. The number of aryl methyl sites for hydroxylation is 2. The molecule has 1 aromatic heterocycles. The Morgan fingerprint density at radius 1 is 1.08 bits per heavy atom. The molecule has 2 aromatic rings. The maximum Gasteiger partial charge on any atom is 0.257 e. The lowest BCUT2D eigenvalue weighted by Crippen LogP contribution is -2.18. The van der Waals surface area contributed by atoms with Crippen LogP contribution in [0.15, 0.2) is 24.3 Å². The van der Waals surface area contributed by atoms with Crippen LogP contribution < -0.4 is 10.6 Å². The Morgan fingerprint density at radius 3 is 2.46 bits per heavy atom. The lowest BCUT2D eigenvalue weighted by Gasteiger charge is -2.08. The minimum absolute atomic E-state index is 0.0411. The molecule has 3 rings (SSSR count). The zero-order valence-electron chi connectivity index (χ0n) is 13.9. The van der Waals surface area contributed by atoms with Crippen molar-refractivity contribution in [3.8, 4) is 0 Å². The number of benzene rings is 1. The summed E-state index contributed by atoms with van der Waals surface area (Å²) >= 11 is 1.57. The van der Waals surface area contributed by atoms with Gasteiger partial charge in [-0.3, -0.25) is 14.9 Å². The Hall–Kier alpha value is -2.21. The van der Waals surface area contributed by atoms with Gasteiger partial charge in [0.05, 0.1) is 5.69 Å². The number of carbonyl (C=O) groups is 2. The van der Waals surface area contributed by atoms with Gasteiger partial charge in [0.25, 0.3) is 5.91 Å². The van der Waals surface area contributed by atoms with Crippen LogP contribution in [0.5, 0.6) is 0 Å². The number of carbonyl (C=O) groups excluding carboxylic acids is 2. The number of nitrogens with one attached hydrogen (secondary N) is 2. The Balaban J connectivity index is 1.64. The highest BCUT2D eigenvalue weighted by Crippen LogP contribution is 2.29. The molecule has 1 heterocycles. The summed E-state index contributed by atoms with van der Waals surface area (Å²) in [4.78, 5) is 29.8. The van der Waals surface area contributed by atoms with Gasteiger partial charge in [-0.25, -0.2) is 4.98 Å². The van der Waals surface area contributed by atoms with E-state index in [1.165, 1.54) is 17.7 Å². The molecule has 0 fully saturated rings. The van der Waals surface area contributed by atoms with Crippen LogP contribution in [-0.2, 0) is 17.6 Å². The minimum Gasteiger partial charge on any atom is -0.326 e. The summed E-state index contributed by atoms with van der Waals surface area (Å²) in [6.45, 7) is 3.68. The Bertz CT molecular complexity index is 727. The zero-order valence-corrected chi connectivity index (χ0v) is 14.7. The molecule has 6 heteroatoms. The van der Waals surface area contributed by atoms with Crippen LogP contribution in [0.2, 0.25) is 0 Å². The molecule has 24 heavy (non-hydrogen) atoms. The maximum atomic E-state index is 12.3. The average Bonchev–Trinajstić information content (AvgIpc) is 2.97. The van der Waals surface area contributed by atoms with Gasteiger partial charge in [-0.2, -0.15) is 0 Å². The fraction of sp³-hybridized carbons (Fsp3) is 0.389. The first-order valence-electron chi connectivity index (χ1n) is 8.24. The normalized spacial score (nSPS) is 13.5. The average molecular weight is 343 g/mol. The number of anilines is 2. The molecule has 1 aromatic carbocycles. The summed E-state index contributed by atoms with van der Waals surface area (Å²) < 4.78 is 0. The van der Waals surface area contributed by atoms with Crippen molar-refractivity contribution < 1.29 is 9.59 Å². The van der Waals surface area contributed by atoms with Gasteiger partial charge in [0.1, 0.15) is 0 Å². The molecule has 1 aliphatic carbocycles. The number of nitrogens with zero attached hydrogens (tertiary/aromatic N) is 1. The molecular weight excluding hydrogens is 322 g/mol. The van der Waals surface area contributed by atoms with Gasteiger partial charge in [-0.05, 0) is 49.9 Å². The standard InChI is InChI=1S/C18H21N3O2S/c1-11(2)16(22)19-13-9-7-12(8-10-13)17(23)21-18-20-14-5-3-4-6-15(14)24-18/h7-11H,3-6H2,1-2H3,(H,19,22)(H,20,21,23). The summed E-state index contributed by atoms with van der Waals surface area (Å²) in [5, 5.41) is 6.35. The SMILES string of the molecule is CC(C)C(=O)Nc1ccc(C(=O)Nc2nc3c(s2)CCCC3)cc1.